The molecule has 0 saturated carbocycles. The molecule has 0 radical (unpaired) electrons. The second kappa shape index (κ2) is 17.1. The third-order valence-electron chi connectivity index (χ3n) is 8.79. The highest BCUT2D eigenvalue weighted by atomic mass is 16.6. The van der Waals surface area contributed by atoms with Gasteiger partial charge in [0.25, 0.3) is 0 Å². The van der Waals surface area contributed by atoms with E-state index in [4.69, 9.17) is 9.47 Å². The van der Waals surface area contributed by atoms with Crippen molar-refractivity contribution >= 4 is 46.7 Å². The molecule has 3 N–H and O–H groups in total. The third-order valence-corrected chi connectivity index (χ3v) is 8.79. The number of esters is 1. The molecule has 0 spiro atoms. The molecule has 1 heterocycles. The number of hydrogen-bond acceptors (Lipinski definition) is 8. The van der Waals surface area contributed by atoms with Gasteiger partial charge in [-0.2, -0.15) is 0 Å². The first-order valence-electron chi connectivity index (χ1n) is 18.0. The van der Waals surface area contributed by atoms with E-state index in [2.05, 4.69) is 10.6 Å². The fraction of sp³-hybridized carbons (Fsp3) is 0.600. The first kappa shape index (κ1) is 45.3. The number of carboxylic acid groups (broad SMARTS) is 1. The van der Waals surface area contributed by atoms with Gasteiger partial charge in [0.1, 0.15) is 29.3 Å². The summed E-state index contributed by atoms with van der Waals surface area (Å²) < 4.78 is 12.8. The van der Waals surface area contributed by atoms with Gasteiger partial charge in [0, 0.05) is 55.8 Å². The van der Waals surface area contributed by atoms with Gasteiger partial charge in [-0.05, 0) is 65.5 Å². The molecule has 4 amide bonds. The van der Waals surface area contributed by atoms with E-state index in [0.29, 0.717) is 0 Å². The molecule has 0 saturated heterocycles. The van der Waals surface area contributed by atoms with Gasteiger partial charge in [-0.1, -0.05) is 58.9 Å². The largest absolute Gasteiger partial charge is 0.480 e. The van der Waals surface area contributed by atoms with Crippen LogP contribution < -0.4 is 10.6 Å². The van der Waals surface area contributed by atoms with E-state index in [1.165, 1.54) is 36.9 Å². The predicted molar refractivity (Wildman–Crippen MR) is 207 cm³/mol. The lowest BCUT2D eigenvalue weighted by atomic mass is 9.76. The number of aryl methyl sites for hydroxylation is 1. The molecule has 1 unspecified atom stereocenters. The molecule has 2 aromatic rings. The van der Waals surface area contributed by atoms with Crippen molar-refractivity contribution in [2.45, 2.75) is 124 Å². The van der Waals surface area contributed by atoms with Crippen LogP contribution in [0.2, 0.25) is 0 Å². The van der Waals surface area contributed by atoms with E-state index >= 15 is 0 Å². The first-order chi connectivity index (χ1) is 24.5. The molecule has 3 atom stereocenters. The number of benzene rings is 1. The number of rotatable bonds is 13. The van der Waals surface area contributed by atoms with Crippen molar-refractivity contribution in [2.75, 3.05) is 20.6 Å². The van der Waals surface area contributed by atoms with Crippen LogP contribution >= 0.6 is 0 Å². The Bertz CT molecular complexity index is 1750. The molecule has 1 aromatic carbocycles. The van der Waals surface area contributed by atoms with E-state index < -0.39 is 82.3 Å². The number of likely N-dealkylation sites (N-methyl/N-ethyl adjacent to an activating group) is 2. The third kappa shape index (κ3) is 12.1. The monoisotopic (exact) mass is 755 g/mol. The van der Waals surface area contributed by atoms with Crippen LogP contribution in [0.3, 0.4) is 0 Å². The van der Waals surface area contributed by atoms with Crippen LogP contribution in [0.5, 0.6) is 0 Å². The predicted octanol–water partition coefficient (Wildman–Crippen LogP) is 4.93. The standard InChI is InChI=1S/C40H61N5O9/c1-24(32(47)41-27(35(50)51)22-29(46)53-38(5,6)7)20-21-43(13)34(49)30(37(2,3)4)42-33(48)31(45(15)36(52)54-39(8,9)10)40(11,12)26-23-44(14)28-19-17-16-18-25(26)28/h16-20,23,27,30-31H,21-22H2,1-15H3,(H,41,47)(H,42,48)(H,50,51)/b24-20+/t27-,30?,31+/m0/s1. The minimum atomic E-state index is -1.53. The summed E-state index contributed by atoms with van der Waals surface area (Å²) in [4.78, 5) is 81.8. The average Bonchev–Trinajstić information content (AvgIpc) is 3.36. The second-order valence-corrected chi connectivity index (χ2v) is 17.5. The van der Waals surface area contributed by atoms with Gasteiger partial charge in [0.15, 0.2) is 0 Å². The SMILES string of the molecule is C/C(=C\CN(C)C(=O)C(NC(=O)[C@@H](N(C)C(=O)OC(C)(C)C)C(C)(C)c1cn(C)c2ccccc12)C(C)(C)C)C(=O)N[C@@H](CC(=O)OC(C)(C)C)C(=O)O. The zero-order valence-corrected chi connectivity index (χ0v) is 34.7. The molecule has 2 rings (SSSR count). The van der Waals surface area contributed by atoms with Crippen LogP contribution in [0, 0.1) is 5.41 Å². The summed E-state index contributed by atoms with van der Waals surface area (Å²) in [5.41, 5.74) is -1.58. The van der Waals surface area contributed by atoms with Gasteiger partial charge in [-0.15, -0.1) is 0 Å². The summed E-state index contributed by atoms with van der Waals surface area (Å²) in [5.74, 6) is -3.96. The Hall–Kier alpha value is -4.88. The molecule has 0 bridgehead atoms. The van der Waals surface area contributed by atoms with Crippen LogP contribution in [0.1, 0.15) is 95.1 Å². The number of aliphatic carboxylic acids is 1. The molecule has 1 aromatic heterocycles. The van der Waals surface area contributed by atoms with Gasteiger partial charge >= 0.3 is 18.0 Å². The Balaban J connectivity index is 2.41. The highest BCUT2D eigenvalue weighted by Gasteiger charge is 2.46. The van der Waals surface area contributed by atoms with Crippen molar-refractivity contribution in [3.8, 4) is 0 Å². The number of nitrogens with one attached hydrogen (secondary N) is 2. The molecule has 0 fully saturated rings. The van der Waals surface area contributed by atoms with Crippen molar-refractivity contribution in [3.05, 3.63) is 47.7 Å². The van der Waals surface area contributed by atoms with Crippen LogP contribution in [0.4, 0.5) is 4.79 Å². The van der Waals surface area contributed by atoms with E-state index in [9.17, 15) is 33.9 Å². The number of carboxylic acids is 1. The van der Waals surface area contributed by atoms with Gasteiger partial charge in [-0.3, -0.25) is 24.1 Å². The van der Waals surface area contributed by atoms with Gasteiger partial charge in [0.2, 0.25) is 17.7 Å². The number of amides is 4. The molecular formula is C40H61N5O9. The van der Waals surface area contributed by atoms with Crippen molar-refractivity contribution < 1.29 is 43.3 Å². The van der Waals surface area contributed by atoms with E-state index in [-0.39, 0.29) is 12.1 Å². The summed E-state index contributed by atoms with van der Waals surface area (Å²) >= 11 is 0. The van der Waals surface area contributed by atoms with Crippen molar-refractivity contribution in [1.29, 1.82) is 0 Å². The number of aromatic nitrogens is 1. The highest BCUT2D eigenvalue weighted by Crippen LogP contribution is 2.37. The Morgan fingerprint density at radius 3 is 1.94 bits per heavy atom. The van der Waals surface area contributed by atoms with Crippen LogP contribution in [0.25, 0.3) is 10.9 Å². The Morgan fingerprint density at radius 2 is 1.43 bits per heavy atom. The van der Waals surface area contributed by atoms with Gasteiger partial charge < -0.3 is 34.7 Å². The number of hydrogen-bond donors (Lipinski definition) is 3. The zero-order valence-electron chi connectivity index (χ0n) is 34.7. The lowest BCUT2D eigenvalue weighted by Gasteiger charge is -2.41. The fourth-order valence-electron chi connectivity index (χ4n) is 6.00. The Labute approximate surface area is 319 Å². The number of fused-ring (bicyclic) bond motifs is 1. The highest BCUT2D eigenvalue weighted by molar-refractivity contribution is 5.97. The topological polar surface area (TPSA) is 177 Å². The number of carbonyl (C=O) groups is 6. The minimum Gasteiger partial charge on any atom is -0.480 e. The van der Waals surface area contributed by atoms with Crippen molar-refractivity contribution in [3.63, 3.8) is 0 Å². The summed E-state index contributed by atoms with van der Waals surface area (Å²) in [6.45, 7) is 20.7. The number of para-hydroxylation sites is 1. The molecule has 300 valence electrons. The van der Waals surface area contributed by atoms with Crippen LogP contribution in [-0.4, -0.2) is 105 Å². The number of nitrogens with zero attached hydrogens (tertiary/aromatic N) is 3. The normalized spacial score (nSPS) is 14.4. The Morgan fingerprint density at radius 1 is 0.870 bits per heavy atom. The molecule has 0 aliphatic rings. The second-order valence-electron chi connectivity index (χ2n) is 17.5. The number of carbonyl (C=O) groups excluding carboxylic acids is 5. The maximum Gasteiger partial charge on any atom is 0.410 e. The molecule has 14 heteroatoms. The maximum atomic E-state index is 14.6. The minimum absolute atomic E-state index is 0.0624. The quantitative estimate of drug-likeness (QED) is 0.189. The summed E-state index contributed by atoms with van der Waals surface area (Å²) in [7, 11) is 4.93. The summed E-state index contributed by atoms with van der Waals surface area (Å²) in [6, 6.07) is 4.04. The molecule has 0 aliphatic heterocycles. The summed E-state index contributed by atoms with van der Waals surface area (Å²) in [5, 5.41) is 15.8. The fourth-order valence-corrected chi connectivity index (χ4v) is 6.00. The van der Waals surface area contributed by atoms with Crippen LogP contribution in [0.15, 0.2) is 42.1 Å². The average molecular weight is 756 g/mol. The smallest absolute Gasteiger partial charge is 0.410 e. The Kier molecular flexibility index (Phi) is 14.3. The zero-order chi connectivity index (χ0) is 41.7. The van der Waals surface area contributed by atoms with Crippen molar-refractivity contribution in [2.24, 2.45) is 12.5 Å². The van der Waals surface area contributed by atoms with E-state index in [0.717, 1.165) is 16.5 Å². The molecule has 54 heavy (non-hydrogen) atoms. The van der Waals surface area contributed by atoms with E-state index in [1.54, 1.807) is 62.3 Å². The van der Waals surface area contributed by atoms with Crippen molar-refractivity contribution in [1.82, 2.24) is 25.0 Å². The molecular weight excluding hydrogens is 694 g/mol. The lowest BCUT2D eigenvalue weighted by molar-refractivity contribution is -0.158. The number of ether oxygens (including phenoxy) is 2. The van der Waals surface area contributed by atoms with Gasteiger partial charge in [0.05, 0.1) is 6.42 Å². The van der Waals surface area contributed by atoms with Gasteiger partial charge in [-0.25, -0.2) is 9.59 Å². The molecule has 0 aliphatic carbocycles. The lowest BCUT2D eigenvalue weighted by Crippen LogP contribution is -2.62. The molecule has 14 nitrogen and oxygen atoms in total. The van der Waals surface area contributed by atoms with Crippen LogP contribution in [-0.2, 0) is 45.9 Å². The first-order valence-corrected chi connectivity index (χ1v) is 18.0. The summed E-state index contributed by atoms with van der Waals surface area (Å²) in [6.07, 6.45) is 2.11. The maximum absolute atomic E-state index is 14.6. The van der Waals surface area contributed by atoms with E-state index in [1.807, 2.05) is 55.9 Å².